The normalized spacial score (nSPS) is 13.0. The van der Waals surface area contributed by atoms with Crippen LogP contribution in [0.25, 0.3) is 0 Å². The first-order chi connectivity index (χ1) is 13.7. The van der Waals surface area contributed by atoms with Crippen LogP contribution in [-0.2, 0) is 6.42 Å². The Morgan fingerprint density at radius 2 is 2.00 bits per heavy atom. The monoisotopic (exact) mass is 373 g/mol. The summed E-state index contributed by atoms with van der Waals surface area (Å²) in [5, 5.41) is 2.92. The quantitative estimate of drug-likeness (QED) is 0.718. The average Bonchev–Trinajstić information content (AvgIpc) is 2.73. The first-order valence-electron chi connectivity index (χ1n) is 9.43. The zero-order chi connectivity index (χ0) is 19.5. The van der Waals surface area contributed by atoms with Crippen molar-refractivity contribution in [3.8, 4) is 5.75 Å². The van der Waals surface area contributed by atoms with Crippen molar-refractivity contribution in [1.29, 1.82) is 0 Å². The SMILES string of the molecule is COc1ccc(C)cc1NC(=O)c1cc(N2CCCc3ccccc32)ccn1. The van der Waals surface area contributed by atoms with Crippen molar-refractivity contribution in [2.75, 3.05) is 23.9 Å². The summed E-state index contributed by atoms with van der Waals surface area (Å²) in [6, 6.07) is 17.9. The summed E-state index contributed by atoms with van der Waals surface area (Å²) < 4.78 is 5.35. The molecule has 5 heteroatoms. The fourth-order valence-corrected chi connectivity index (χ4v) is 3.62. The van der Waals surface area contributed by atoms with Gasteiger partial charge in [-0.15, -0.1) is 0 Å². The van der Waals surface area contributed by atoms with Crippen LogP contribution in [0.1, 0.15) is 28.0 Å². The molecule has 0 bridgehead atoms. The number of hydrogen-bond acceptors (Lipinski definition) is 4. The molecular weight excluding hydrogens is 350 g/mol. The van der Waals surface area contributed by atoms with Gasteiger partial charge >= 0.3 is 0 Å². The van der Waals surface area contributed by atoms with Crippen LogP contribution in [0.4, 0.5) is 17.1 Å². The molecule has 4 rings (SSSR count). The highest BCUT2D eigenvalue weighted by Crippen LogP contribution is 2.33. The molecule has 0 unspecified atom stereocenters. The molecule has 0 aliphatic carbocycles. The number of anilines is 3. The molecule has 0 atom stereocenters. The number of ether oxygens (including phenoxy) is 1. The molecule has 0 fully saturated rings. The molecule has 5 nitrogen and oxygen atoms in total. The van der Waals surface area contributed by atoms with Crippen LogP contribution in [-0.4, -0.2) is 24.5 Å². The molecular formula is C23H23N3O2. The number of nitrogens with one attached hydrogen (secondary N) is 1. The number of aromatic nitrogens is 1. The van der Waals surface area contributed by atoms with Gasteiger partial charge in [0.15, 0.2) is 0 Å². The maximum Gasteiger partial charge on any atom is 0.274 e. The molecule has 1 aliphatic rings. The molecule has 1 aliphatic heterocycles. The summed E-state index contributed by atoms with van der Waals surface area (Å²) in [5.74, 6) is 0.371. The number of nitrogens with zero attached hydrogens (tertiary/aromatic N) is 2. The lowest BCUT2D eigenvalue weighted by Crippen LogP contribution is -2.25. The van der Waals surface area contributed by atoms with E-state index in [2.05, 4.69) is 39.5 Å². The lowest BCUT2D eigenvalue weighted by atomic mass is 10.0. The number of para-hydroxylation sites is 1. The molecule has 0 saturated heterocycles. The lowest BCUT2D eigenvalue weighted by molar-refractivity contribution is 0.102. The van der Waals surface area contributed by atoms with E-state index in [0.29, 0.717) is 17.1 Å². The van der Waals surface area contributed by atoms with Gasteiger partial charge in [0.1, 0.15) is 11.4 Å². The maximum atomic E-state index is 12.8. The second-order valence-corrected chi connectivity index (χ2v) is 6.94. The smallest absolute Gasteiger partial charge is 0.274 e. The highest BCUT2D eigenvalue weighted by atomic mass is 16.5. The predicted molar refractivity (Wildman–Crippen MR) is 112 cm³/mol. The topological polar surface area (TPSA) is 54.5 Å². The van der Waals surface area contributed by atoms with Crippen LogP contribution in [0.5, 0.6) is 5.75 Å². The summed E-state index contributed by atoms with van der Waals surface area (Å²) in [5.41, 5.74) is 5.58. The van der Waals surface area contributed by atoms with Crippen molar-refractivity contribution in [2.45, 2.75) is 19.8 Å². The minimum Gasteiger partial charge on any atom is -0.495 e. The number of pyridine rings is 1. The number of carbonyl (C=O) groups excluding carboxylic acids is 1. The van der Waals surface area contributed by atoms with Crippen LogP contribution < -0.4 is 15.0 Å². The van der Waals surface area contributed by atoms with Crippen LogP contribution in [0.15, 0.2) is 60.8 Å². The maximum absolute atomic E-state index is 12.8. The van der Waals surface area contributed by atoms with E-state index in [1.807, 2.05) is 37.3 Å². The van der Waals surface area contributed by atoms with Crippen LogP contribution >= 0.6 is 0 Å². The highest BCUT2D eigenvalue weighted by Gasteiger charge is 2.19. The van der Waals surface area contributed by atoms with Crippen molar-refractivity contribution in [3.63, 3.8) is 0 Å². The van der Waals surface area contributed by atoms with Gasteiger partial charge in [-0.1, -0.05) is 24.3 Å². The van der Waals surface area contributed by atoms with Gasteiger partial charge in [-0.25, -0.2) is 0 Å². The number of rotatable bonds is 4. The zero-order valence-electron chi connectivity index (χ0n) is 16.1. The Morgan fingerprint density at radius 1 is 1.14 bits per heavy atom. The Bertz CT molecular complexity index is 1020. The molecule has 0 saturated carbocycles. The molecule has 28 heavy (non-hydrogen) atoms. The third-order valence-electron chi connectivity index (χ3n) is 5.00. The molecule has 3 aromatic rings. The number of hydrogen-bond donors (Lipinski definition) is 1. The van der Waals surface area contributed by atoms with Gasteiger partial charge in [0.2, 0.25) is 0 Å². The standard InChI is InChI=1S/C23H23N3O2/c1-16-9-10-22(28-2)19(14-16)25-23(27)20-15-18(11-12-24-20)26-13-5-7-17-6-3-4-8-21(17)26/h3-4,6,8-12,14-15H,5,7,13H2,1-2H3,(H,25,27). The van der Waals surface area contributed by atoms with Crippen LogP contribution in [0.2, 0.25) is 0 Å². The third kappa shape index (κ3) is 3.56. The number of carbonyl (C=O) groups is 1. The Hall–Kier alpha value is -3.34. The van der Waals surface area contributed by atoms with Crippen molar-refractivity contribution in [1.82, 2.24) is 4.98 Å². The predicted octanol–water partition coefficient (Wildman–Crippen LogP) is 4.74. The summed E-state index contributed by atoms with van der Waals surface area (Å²) in [6.07, 6.45) is 3.86. The average molecular weight is 373 g/mol. The number of benzene rings is 2. The number of fused-ring (bicyclic) bond motifs is 1. The molecule has 0 radical (unpaired) electrons. The van der Waals surface area contributed by atoms with E-state index in [9.17, 15) is 4.79 Å². The summed E-state index contributed by atoms with van der Waals surface area (Å²) in [6.45, 7) is 2.90. The Labute approximate surface area is 165 Å². The largest absolute Gasteiger partial charge is 0.495 e. The third-order valence-corrected chi connectivity index (χ3v) is 5.00. The number of methoxy groups -OCH3 is 1. The second kappa shape index (κ2) is 7.72. The first-order valence-corrected chi connectivity index (χ1v) is 9.43. The molecule has 0 spiro atoms. The van der Waals surface area contributed by atoms with E-state index in [4.69, 9.17) is 4.74 Å². The van der Waals surface area contributed by atoms with Crippen molar-refractivity contribution in [2.24, 2.45) is 0 Å². The molecule has 1 N–H and O–H groups in total. The zero-order valence-corrected chi connectivity index (χ0v) is 16.1. The van der Waals surface area contributed by atoms with Gasteiger partial charge < -0.3 is 15.0 Å². The summed E-state index contributed by atoms with van der Waals surface area (Å²) in [7, 11) is 1.59. The van der Waals surface area contributed by atoms with Crippen molar-refractivity contribution < 1.29 is 9.53 Å². The van der Waals surface area contributed by atoms with Gasteiger partial charge in [-0.05, 0) is 61.2 Å². The van der Waals surface area contributed by atoms with Crippen LogP contribution in [0.3, 0.4) is 0 Å². The molecule has 2 heterocycles. The number of aryl methyl sites for hydroxylation is 2. The van der Waals surface area contributed by atoms with E-state index in [1.54, 1.807) is 13.3 Å². The van der Waals surface area contributed by atoms with Crippen molar-refractivity contribution in [3.05, 3.63) is 77.6 Å². The highest BCUT2D eigenvalue weighted by molar-refractivity contribution is 6.04. The van der Waals surface area contributed by atoms with E-state index >= 15 is 0 Å². The summed E-state index contributed by atoms with van der Waals surface area (Å²) in [4.78, 5) is 19.4. The molecule has 1 aromatic heterocycles. The number of amides is 1. The lowest BCUT2D eigenvalue weighted by Gasteiger charge is -2.31. The molecule has 142 valence electrons. The molecule has 2 aromatic carbocycles. The van der Waals surface area contributed by atoms with Gasteiger partial charge in [0.05, 0.1) is 12.8 Å². The molecule has 1 amide bonds. The van der Waals surface area contributed by atoms with E-state index < -0.39 is 0 Å². The first kappa shape index (κ1) is 18.0. The fourth-order valence-electron chi connectivity index (χ4n) is 3.62. The van der Waals surface area contributed by atoms with Gasteiger partial charge in [-0.2, -0.15) is 0 Å². The Kier molecular flexibility index (Phi) is 4.98. The minimum absolute atomic E-state index is 0.254. The van der Waals surface area contributed by atoms with E-state index in [0.717, 1.165) is 30.6 Å². The second-order valence-electron chi connectivity index (χ2n) is 6.94. The fraction of sp³-hybridized carbons (Fsp3) is 0.217. The van der Waals surface area contributed by atoms with Gasteiger partial charge in [0, 0.05) is 24.1 Å². The minimum atomic E-state index is -0.254. The van der Waals surface area contributed by atoms with E-state index in [-0.39, 0.29) is 5.91 Å². The van der Waals surface area contributed by atoms with Gasteiger partial charge in [0.25, 0.3) is 5.91 Å². The van der Waals surface area contributed by atoms with Crippen LogP contribution in [0, 0.1) is 6.92 Å². The Morgan fingerprint density at radius 3 is 2.86 bits per heavy atom. The Balaban J connectivity index is 1.61. The van der Waals surface area contributed by atoms with E-state index in [1.165, 1.54) is 11.3 Å². The van der Waals surface area contributed by atoms with Crippen molar-refractivity contribution >= 4 is 23.0 Å². The summed E-state index contributed by atoms with van der Waals surface area (Å²) >= 11 is 0. The van der Waals surface area contributed by atoms with Gasteiger partial charge in [-0.3, -0.25) is 9.78 Å².